The summed E-state index contributed by atoms with van der Waals surface area (Å²) >= 11 is 0. The van der Waals surface area contributed by atoms with Crippen LogP contribution in [-0.2, 0) is 17.6 Å². The van der Waals surface area contributed by atoms with Crippen molar-refractivity contribution in [1.29, 1.82) is 0 Å². The summed E-state index contributed by atoms with van der Waals surface area (Å²) in [6.07, 6.45) is 18.6. The van der Waals surface area contributed by atoms with Crippen LogP contribution in [0.2, 0.25) is 0 Å². The molecule has 0 saturated heterocycles. The summed E-state index contributed by atoms with van der Waals surface area (Å²) in [5, 5.41) is 0. The number of fused-ring (bicyclic) bond motifs is 1. The molecule has 3 aliphatic rings. The molecule has 0 amide bonds. The first-order chi connectivity index (χ1) is 19.2. The zero-order valence-corrected chi connectivity index (χ0v) is 23.1. The van der Waals surface area contributed by atoms with Gasteiger partial charge >= 0.3 is 0 Å². The molecular formula is C38H40O. The van der Waals surface area contributed by atoms with Crippen molar-refractivity contribution in [2.45, 2.75) is 88.9 Å². The number of rotatable bonds is 5. The monoisotopic (exact) mass is 512 g/mol. The van der Waals surface area contributed by atoms with Gasteiger partial charge in [-0.25, -0.2) is 0 Å². The molecule has 3 aliphatic carbocycles. The Morgan fingerprint density at radius 1 is 0.718 bits per heavy atom. The predicted molar refractivity (Wildman–Crippen MR) is 162 cm³/mol. The number of ketones is 1. The molecule has 1 atom stereocenters. The van der Waals surface area contributed by atoms with E-state index in [1.165, 1.54) is 92.0 Å². The number of carbonyl (C=O) groups is 1. The third kappa shape index (κ3) is 6.28. The van der Waals surface area contributed by atoms with E-state index in [2.05, 4.69) is 78.6 Å². The van der Waals surface area contributed by atoms with Crippen molar-refractivity contribution in [3.05, 3.63) is 112 Å². The molecule has 0 aliphatic heterocycles. The van der Waals surface area contributed by atoms with Crippen LogP contribution < -0.4 is 0 Å². The van der Waals surface area contributed by atoms with Gasteiger partial charge in [0.15, 0.2) is 5.78 Å². The van der Waals surface area contributed by atoms with Crippen molar-refractivity contribution in [3.8, 4) is 11.8 Å². The largest absolute Gasteiger partial charge is 0.294 e. The van der Waals surface area contributed by atoms with Crippen LogP contribution in [0.15, 0.2) is 72.8 Å². The number of allylic oxidation sites excluding steroid dienone is 1. The maximum Gasteiger partial charge on any atom is 0.163 e. The van der Waals surface area contributed by atoms with Gasteiger partial charge in [0.25, 0.3) is 0 Å². The summed E-state index contributed by atoms with van der Waals surface area (Å²) in [6, 6.07) is 24.5. The Balaban J connectivity index is 1.21. The van der Waals surface area contributed by atoms with Crippen molar-refractivity contribution in [3.63, 3.8) is 0 Å². The third-order valence-corrected chi connectivity index (χ3v) is 9.22. The Morgan fingerprint density at radius 2 is 1.44 bits per heavy atom. The van der Waals surface area contributed by atoms with E-state index < -0.39 is 0 Å². The Bertz CT molecular complexity index is 1380. The fourth-order valence-electron chi connectivity index (χ4n) is 6.89. The third-order valence-electron chi connectivity index (χ3n) is 9.22. The van der Waals surface area contributed by atoms with E-state index in [0.717, 1.165) is 23.5 Å². The van der Waals surface area contributed by atoms with E-state index in [4.69, 9.17) is 0 Å². The van der Waals surface area contributed by atoms with E-state index in [0.29, 0.717) is 12.3 Å². The van der Waals surface area contributed by atoms with Crippen LogP contribution in [-0.4, -0.2) is 5.78 Å². The summed E-state index contributed by atoms with van der Waals surface area (Å²) in [7, 11) is 0. The highest BCUT2D eigenvalue weighted by atomic mass is 16.1. The first-order valence-electron chi connectivity index (χ1n) is 15.3. The number of hydrogen-bond donors (Lipinski definition) is 0. The van der Waals surface area contributed by atoms with Gasteiger partial charge in [0.05, 0.1) is 5.92 Å². The van der Waals surface area contributed by atoms with Gasteiger partial charge < -0.3 is 0 Å². The van der Waals surface area contributed by atoms with Crippen LogP contribution in [0, 0.1) is 17.8 Å². The molecule has 0 heterocycles. The van der Waals surface area contributed by atoms with Crippen molar-refractivity contribution < 1.29 is 4.79 Å². The Morgan fingerprint density at radius 3 is 2.23 bits per heavy atom. The van der Waals surface area contributed by atoms with Crippen LogP contribution in [0.25, 0.3) is 6.08 Å². The summed E-state index contributed by atoms with van der Waals surface area (Å²) in [4.78, 5) is 13.2. The van der Waals surface area contributed by atoms with Gasteiger partial charge in [0.2, 0.25) is 0 Å². The minimum atomic E-state index is -0.156. The lowest BCUT2D eigenvalue weighted by Crippen LogP contribution is -2.18. The van der Waals surface area contributed by atoms with Crippen LogP contribution in [0.4, 0.5) is 0 Å². The normalized spacial score (nSPS) is 19.8. The molecule has 0 aromatic heterocycles. The molecule has 2 saturated carbocycles. The Labute approximate surface area is 234 Å². The Kier molecular flexibility index (Phi) is 8.11. The highest BCUT2D eigenvalue weighted by Crippen LogP contribution is 2.34. The zero-order valence-electron chi connectivity index (χ0n) is 23.1. The quantitative estimate of drug-likeness (QED) is 0.311. The topological polar surface area (TPSA) is 17.1 Å². The van der Waals surface area contributed by atoms with Crippen molar-refractivity contribution in [1.82, 2.24) is 0 Å². The molecule has 0 bridgehead atoms. The number of benzene rings is 3. The van der Waals surface area contributed by atoms with E-state index in [1.807, 2.05) is 6.08 Å². The molecule has 39 heavy (non-hydrogen) atoms. The summed E-state index contributed by atoms with van der Waals surface area (Å²) in [5.41, 5.74) is 8.72. The number of hydrogen-bond acceptors (Lipinski definition) is 1. The molecular weight excluding hydrogens is 472 g/mol. The Hall–Kier alpha value is -3.37. The van der Waals surface area contributed by atoms with Crippen molar-refractivity contribution >= 4 is 11.9 Å². The first-order valence-corrected chi connectivity index (χ1v) is 15.3. The van der Waals surface area contributed by atoms with E-state index in [9.17, 15) is 4.79 Å². The van der Waals surface area contributed by atoms with Gasteiger partial charge in [-0.2, -0.15) is 0 Å². The fraction of sp³-hybridized carbons (Fsp3) is 0.395. The van der Waals surface area contributed by atoms with E-state index in [1.54, 1.807) is 6.08 Å². The second-order valence-corrected chi connectivity index (χ2v) is 12.0. The SMILES string of the molecule is O=C1C=Cc2ccc(Cc3ccc(C4CCCCC4)cc3)cc2C1Cc1ccccc1C#CC1CCCCC1. The van der Waals surface area contributed by atoms with E-state index >= 15 is 0 Å². The van der Waals surface area contributed by atoms with Gasteiger partial charge in [0.1, 0.15) is 0 Å². The summed E-state index contributed by atoms with van der Waals surface area (Å²) < 4.78 is 0. The maximum atomic E-state index is 13.2. The molecule has 0 N–H and O–H groups in total. The van der Waals surface area contributed by atoms with Crippen molar-refractivity contribution in [2.24, 2.45) is 5.92 Å². The molecule has 3 aromatic rings. The minimum Gasteiger partial charge on any atom is -0.294 e. The molecule has 1 nitrogen and oxygen atoms in total. The molecule has 1 heteroatoms. The van der Waals surface area contributed by atoms with Gasteiger partial charge in [-0.3, -0.25) is 4.79 Å². The second kappa shape index (κ2) is 12.2. The predicted octanol–water partition coefficient (Wildman–Crippen LogP) is 9.18. The first kappa shape index (κ1) is 25.9. The molecule has 0 radical (unpaired) electrons. The van der Waals surface area contributed by atoms with Crippen molar-refractivity contribution in [2.75, 3.05) is 0 Å². The molecule has 6 rings (SSSR count). The summed E-state index contributed by atoms with van der Waals surface area (Å²) in [6.45, 7) is 0. The van der Waals surface area contributed by atoms with Crippen LogP contribution in [0.5, 0.6) is 0 Å². The fourth-order valence-corrected chi connectivity index (χ4v) is 6.89. The van der Waals surface area contributed by atoms with Gasteiger partial charge in [-0.1, -0.05) is 117 Å². The average molecular weight is 513 g/mol. The highest BCUT2D eigenvalue weighted by Gasteiger charge is 2.26. The molecule has 1 unspecified atom stereocenters. The lowest BCUT2D eigenvalue weighted by molar-refractivity contribution is -0.116. The minimum absolute atomic E-state index is 0.156. The van der Waals surface area contributed by atoms with Crippen LogP contribution in [0.1, 0.15) is 115 Å². The van der Waals surface area contributed by atoms with Crippen LogP contribution >= 0.6 is 0 Å². The summed E-state index contributed by atoms with van der Waals surface area (Å²) in [5.74, 6) is 8.37. The highest BCUT2D eigenvalue weighted by molar-refractivity contribution is 6.02. The maximum absolute atomic E-state index is 13.2. The lowest BCUT2D eigenvalue weighted by Gasteiger charge is -2.23. The zero-order chi connectivity index (χ0) is 26.4. The smallest absolute Gasteiger partial charge is 0.163 e. The van der Waals surface area contributed by atoms with Gasteiger partial charge in [0, 0.05) is 11.5 Å². The molecule has 2 fully saturated rings. The molecule has 198 valence electrons. The van der Waals surface area contributed by atoms with Crippen LogP contribution in [0.3, 0.4) is 0 Å². The second-order valence-electron chi connectivity index (χ2n) is 12.0. The van der Waals surface area contributed by atoms with Gasteiger partial charge in [-0.05, 0) is 90.0 Å². The molecule has 0 spiro atoms. The molecule has 3 aromatic carbocycles. The lowest BCUT2D eigenvalue weighted by atomic mass is 9.80. The van der Waals surface area contributed by atoms with Gasteiger partial charge in [-0.15, -0.1) is 0 Å². The average Bonchev–Trinajstić information content (AvgIpc) is 2.99. The van der Waals surface area contributed by atoms with E-state index in [-0.39, 0.29) is 11.7 Å². The number of carbonyl (C=O) groups excluding carboxylic acids is 1. The standard InChI is InChI=1S/C38H40O/c39-38-24-23-34-22-18-30(25-29-16-20-33(21-17-29)31-11-5-2-6-12-31)26-36(34)37(38)27-35-14-8-7-13-32(35)19-15-28-9-3-1-4-10-28/h7-8,13-14,16-18,20-24,26,28,31,37H,1-6,9-12,25,27H2.